The molecule has 1 heterocycles. The molecule has 8 heteroatoms. The Kier molecular flexibility index (Phi) is 7.46. The van der Waals surface area contributed by atoms with Crippen LogP contribution in [-0.2, 0) is 22.7 Å². The number of benzene rings is 2. The lowest BCUT2D eigenvalue weighted by molar-refractivity contribution is -0.128. The van der Waals surface area contributed by atoms with Crippen LogP contribution in [0.5, 0.6) is 0 Å². The van der Waals surface area contributed by atoms with E-state index >= 15 is 0 Å². The average molecular weight is 438 g/mol. The quantitative estimate of drug-likeness (QED) is 0.539. The van der Waals surface area contributed by atoms with Crippen LogP contribution in [0.3, 0.4) is 0 Å². The summed E-state index contributed by atoms with van der Waals surface area (Å²) in [5.74, 6) is 0.848. The maximum absolute atomic E-state index is 12.6. The molecule has 3 aromatic rings. The number of thioether (sulfide) groups is 1. The van der Waals surface area contributed by atoms with Crippen LogP contribution in [0.25, 0.3) is 11.4 Å². The van der Waals surface area contributed by atoms with Crippen LogP contribution in [0.4, 0.5) is 5.69 Å². The van der Waals surface area contributed by atoms with Crippen LogP contribution in [0.1, 0.15) is 25.0 Å². The van der Waals surface area contributed by atoms with Crippen molar-refractivity contribution in [3.05, 3.63) is 59.7 Å². The molecule has 0 spiro atoms. The standard InChI is InChI=1S/C23H27N5O2S/c1-5-28-22(18-11-8-9-16(2)13-18)25-26-23(28)31-15-21(30)24-20-12-7-6-10-19(20)14-27(4)17(3)29/h6-13H,5,14-15H2,1-4H3,(H,24,30). The van der Waals surface area contributed by atoms with Gasteiger partial charge < -0.3 is 14.8 Å². The monoisotopic (exact) mass is 437 g/mol. The van der Waals surface area contributed by atoms with E-state index in [1.165, 1.54) is 18.7 Å². The molecule has 0 fully saturated rings. The minimum Gasteiger partial charge on any atom is -0.342 e. The lowest BCUT2D eigenvalue weighted by Gasteiger charge is -2.17. The van der Waals surface area contributed by atoms with Gasteiger partial charge in [0.25, 0.3) is 0 Å². The zero-order valence-electron chi connectivity index (χ0n) is 18.3. The lowest BCUT2D eigenvalue weighted by Crippen LogP contribution is -2.24. The molecule has 2 amide bonds. The largest absolute Gasteiger partial charge is 0.342 e. The Hall–Kier alpha value is -3.13. The van der Waals surface area contributed by atoms with Crippen LogP contribution in [0, 0.1) is 6.92 Å². The Bertz CT molecular complexity index is 1080. The summed E-state index contributed by atoms with van der Waals surface area (Å²) in [4.78, 5) is 25.8. The Morgan fingerprint density at radius 2 is 1.90 bits per heavy atom. The van der Waals surface area contributed by atoms with E-state index in [0.717, 1.165) is 22.5 Å². The van der Waals surface area contributed by atoms with E-state index in [9.17, 15) is 9.59 Å². The number of hydrogen-bond donors (Lipinski definition) is 1. The first-order valence-corrected chi connectivity index (χ1v) is 11.1. The molecule has 1 N–H and O–H groups in total. The van der Waals surface area contributed by atoms with Gasteiger partial charge >= 0.3 is 0 Å². The molecule has 1 aromatic heterocycles. The summed E-state index contributed by atoms with van der Waals surface area (Å²) in [5, 5.41) is 12.3. The fourth-order valence-electron chi connectivity index (χ4n) is 3.14. The highest BCUT2D eigenvalue weighted by Gasteiger charge is 2.16. The number of aromatic nitrogens is 3. The molecule has 162 valence electrons. The van der Waals surface area contributed by atoms with Gasteiger partial charge in [-0.15, -0.1) is 10.2 Å². The summed E-state index contributed by atoms with van der Waals surface area (Å²) in [6.07, 6.45) is 0. The van der Waals surface area contributed by atoms with Crippen LogP contribution < -0.4 is 5.32 Å². The van der Waals surface area contributed by atoms with E-state index in [2.05, 4.69) is 21.6 Å². The van der Waals surface area contributed by atoms with Gasteiger partial charge in [0.05, 0.1) is 5.75 Å². The van der Waals surface area contributed by atoms with Gasteiger partial charge in [-0.3, -0.25) is 9.59 Å². The first-order chi connectivity index (χ1) is 14.9. The van der Waals surface area contributed by atoms with Crippen molar-refractivity contribution in [2.45, 2.75) is 39.0 Å². The molecule has 0 atom stereocenters. The van der Waals surface area contributed by atoms with Crippen molar-refractivity contribution in [2.75, 3.05) is 18.1 Å². The van der Waals surface area contributed by atoms with Crippen molar-refractivity contribution >= 4 is 29.3 Å². The van der Waals surface area contributed by atoms with Crippen LogP contribution in [0.15, 0.2) is 53.7 Å². The summed E-state index contributed by atoms with van der Waals surface area (Å²) >= 11 is 1.36. The third-order valence-corrected chi connectivity index (χ3v) is 5.84. The summed E-state index contributed by atoms with van der Waals surface area (Å²) in [6.45, 7) is 6.74. The summed E-state index contributed by atoms with van der Waals surface area (Å²) in [6, 6.07) is 15.6. The predicted octanol–water partition coefficient (Wildman–Crippen LogP) is 3.98. The Labute approximate surface area is 186 Å². The van der Waals surface area contributed by atoms with Crippen molar-refractivity contribution in [3.8, 4) is 11.4 Å². The van der Waals surface area contributed by atoms with Gasteiger partial charge in [0, 0.05) is 38.3 Å². The number of nitrogens with one attached hydrogen (secondary N) is 1. The number of anilines is 1. The van der Waals surface area contributed by atoms with Crippen molar-refractivity contribution in [1.29, 1.82) is 0 Å². The molecule has 0 unspecified atom stereocenters. The number of para-hydroxylation sites is 1. The third-order valence-electron chi connectivity index (χ3n) is 4.88. The molecular formula is C23H27N5O2S. The van der Waals surface area contributed by atoms with E-state index in [-0.39, 0.29) is 17.6 Å². The summed E-state index contributed by atoms with van der Waals surface area (Å²) in [5.41, 5.74) is 3.76. The van der Waals surface area contributed by atoms with Crippen molar-refractivity contribution in [2.24, 2.45) is 0 Å². The topological polar surface area (TPSA) is 80.1 Å². The van der Waals surface area contributed by atoms with Gasteiger partial charge in [-0.1, -0.05) is 53.7 Å². The molecule has 0 saturated heterocycles. The predicted molar refractivity (Wildman–Crippen MR) is 124 cm³/mol. The highest BCUT2D eigenvalue weighted by molar-refractivity contribution is 7.99. The minimum absolute atomic E-state index is 0.0278. The van der Waals surface area contributed by atoms with E-state index in [1.807, 2.05) is 60.9 Å². The van der Waals surface area contributed by atoms with Crippen molar-refractivity contribution < 1.29 is 9.59 Å². The molecule has 0 aliphatic heterocycles. The minimum atomic E-state index is -0.134. The molecule has 0 aliphatic rings. The molecule has 2 aromatic carbocycles. The maximum Gasteiger partial charge on any atom is 0.234 e. The number of rotatable bonds is 8. The highest BCUT2D eigenvalue weighted by Crippen LogP contribution is 2.25. The third kappa shape index (κ3) is 5.73. The zero-order chi connectivity index (χ0) is 22.4. The van der Waals surface area contributed by atoms with Gasteiger partial charge in [-0.25, -0.2) is 0 Å². The number of nitrogens with zero attached hydrogens (tertiary/aromatic N) is 4. The number of aryl methyl sites for hydroxylation is 1. The summed E-state index contributed by atoms with van der Waals surface area (Å²) < 4.78 is 2.02. The van der Waals surface area contributed by atoms with Crippen LogP contribution in [0.2, 0.25) is 0 Å². The van der Waals surface area contributed by atoms with Crippen molar-refractivity contribution in [3.63, 3.8) is 0 Å². The Balaban J connectivity index is 1.68. The molecule has 0 aliphatic carbocycles. The first kappa shape index (κ1) is 22.6. The van der Waals surface area contributed by atoms with Gasteiger partial charge in [-0.05, 0) is 31.5 Å². The van der Waals surface area contributed by atoms with Crippen LogP contribution in [-0.4, -0.2) is 44.3 Å². The second-order valence-corrected chi connectivity index (χ2v) is 8.23. The van der Waals surface area contributed by atoms with Crippen LogP contribution >= 0.6 is 11.8 Å². The van der Waals surface area contributed by atoms with E-state index < -0.39 is 0 Å². The fourth-order valence-corrected chi connectivity index (χ4v) is 3.94. The van der Waals surface area contributed by atoms with E-state index in [4.69, 9.17) is 0 Å². The molecule has 0 bridgehead atoms. The number of amides is 2. The zero-order valence-corrected chi connectivity index (χ0v) is 19.1. The number of carbonyl (C=O) groups excluding carboxylic acids is 2. The lowest BCUT2D eigenvalue weighted by atomic mass is 10.1. The van der Waals surface area contributed by atoms with E-state index in [0.29, 0.717) is 23.9 Å². The maximum atomic E-state index is 12.6. The second kappa shape index (κ2) is 10.3. The van der Waals surface area contributed by atoms with E-state index in [1.54, 1.807) is 11.9 Å². The molecule has 0 saturated carbocycles. The smallest absolute Gasteiger partial charge is 0.234 e. The average Bonchev–Trinajstić information content (AvgIpc) is 3.16. The van der Waals surface area contributed by atoms with Gasteiger partial charge in [0.15, 0.2) is 11.0 Å². The van der Waals surface area contributed by atoms with Gasteiger partial charge in [0.2, 0.25) is 11.8 Å². The fraction of sp³-hybridized carbons (Fsp3) is 0.304. The SMILES string of the molecule is CCn1c(SCC(=O)Nc2ccccc2CN(C)C(C)=O)nnc1-c1cccc(C)c1. The second-order valence-electron chi connectivity index (χ2n) is 7.29. The molecule has 7 nitrogen and oxygen atoms in total. The number of carbonyl (C=O) groups is 2. The molecular weight excluding hydrogens is 410 g/mol. The summed E-state index contributed by atoms with van der Waals surface area (Å²) in [7, 11) is 1.74. The first-order valence-electron chi connectivity index (χ1n) is 10.1. The van der Waals surface area contributed by atoms with Gasteiger partial charge in [0.1, 0.15) is 0 Å². The molecule has 0 radical (unpaired) electrons. The highest BCUT2D eigenvalue weighted by atomic mass is 32.2. The van der Waals surface area contributed by atoms with Gasteiger partial charge in [-0.2, -0.15) is 0 Å². The Morgan fingerprint density at radius 3 is 2.61 bits per heavy atom. The Morgan fingerprint density at radius 1 is 1.13 bits per heavy atom. The normalized spacial score (nSPS) is 10.7. The van der Waals surface area contributed by atoms with Crippen molar-refractivity contribution in [1.82, 2.24) is 19.7 Å². The number of hydrogen-bond acceptors (Lipinski definition) is 5. The molecule has 3 rings (SSSR count). The molecule has 31 heavy (non-hydrogen) atoms.